The highest BCUT2D eigenvalue weighted by atomic mass is 31.2. The van der Waals surface area contributed by atoms with Crippen LogP contribution in [0.1, 0.15) is 174 Å². The van der Waals surface area contributed by atoms with E-state index in [9.17, 15) is 19.0 Å². The van der Waals surface area contributed by atoms with E-state index in [-0.39, 0.29) is 32.0 Å². The lowest BCUT2D eigenvalue weighted by Gasteiger charge is -2.24. The summed E-state index contributed by atoms with van der Waals surface area (Å²) in [5.74, 6) is -0.842. The molecule has 2 atom stereocenters. The first-order chi connectivity index (χ1) is 26.5. The number of carbonyl (C=O) groups excluding carboxylic acids is 2. The quantitative estimate of drug-likeness (QED) is 0.0215. The fourth-order valence-corrected chi connectivity index (χ4v) is 6.53. The molecule has 9 nitrogen and oxygen atoms in total. The standard InChI is InChI=1S/C45H82NO8P/c1-6-8-10-12-14-16-18-20-21-22-23-24-26-27-29-31-33-35-37-44(47)51-41-43(42-53-55(49,50)52-40-39-46(3,4)5)54-45(48)38-36-34-32-30-28-25-19-17-15-13-11-9-7-2/h9,11,13,15,17,19,25,28,43H,6-8,10,12,14,16,18,20-24,26-27,29-42H2,1-5H3/p+1/b11-9+,15-13+,19-17+,28-25+. The minimum absolute atomic E-state index is 0.0231. The van der Waals surface area contributed by atoms with E-state index in [1.807, 2.05) is 57.6 Å². The monoisotopic (exact) mass is 797 g/mol. The van der Waals surface area contributed by atoms with E-state index < -0.39 is 26.5 Å². The molecule has 0 saturated heterocycles. The Balaban J connectivity index is 4.36. The molecule has 0 amide bonds. The van der Waals surface area contributed by atoms with Crippen molar-refractivity contribution in [3.63, 3.8) is 0 Å². The van der Waals surface area contributed by atoms with Crippen molar-refractivity contribution in [2.75, 3.05) is 47.5 Å². The van der Waals surface area contributed by atoms with Crippen LogP contribution in [0.5, 0.6) is 0 Å². The van der Waals surface area contributed by atoms with Gasteiger partial charge in [0.2, 0.25) is 0 Å². The molecule has 0 aromatic carbocycles. The van der Waals surface area contributed by atoms with Gasteiger partial charge in [0.05, 0.1) is 27.7 Å². The first kappa shape index (κ1) is 53.0. The molecule has 0 fully saturated rings. The van der Waals surface area contributed by atoms with Gasteiger partial charge in [-0.15, -0.1) is 0 Å². The number of carbonyl (C=O) groups is 2. The molecule has 0 rings (SSSR count). The lowest BCUT2D eigenvalue weighted by molar-refractivity contribution is -0.870. The zero-order chi connectivity index (χ0) is 40.7. The predicted octanol–water partition coefficient (Wildman–Crippen LogP) is 12.3. The smallest absolute Gasteiger partial charge is 0.462 e. The summed E-state index contributed by atoms with van der Waals surface area (Å²) in [6, 6.07) is 0. The van der Waals surface area contributed by atoms with E-state index >= 15 is 0 Å². The van der Waals surface area contributed by atoms with Crippen LogP contribution in [0, 0.1) is 0 Å². The molecule has 0 heterocycles. The van der Waals surface area contributed by atoms with E-state index in [4.69, 9.17) is 18.5 Å². The molecule has 0 aliphatic heterocycles. The Morgan fingerprint density at radius 2 is 1.04 bits per heavy atom. The van der Waals surface area contributed by atoms with Gasteiger partial charge in [-0.05, 0) is 32.1 Å². The molecule has 1 N–H and O–H groups in total. The van der Waals surface area contributed by atoms with E-state index in [1.165, 1.54) is 96.3 Å². The second kappa shape index (κ2) is 37.5. The van der Waals surface area contributed by atoms with Crippen LogP contribution in [-0.2, 0) is 32.7 Å². The molecular weight excluding hydrogens is 713 g/mol. The molecule has 0 aliphatic rings. The van der Waals surface area contributed by atoms with Gasteiger partial charge in [-0.3, -0.25) is 18.6 Å². The molecule has 2 unspecified atom stereocenters. The third kappa shape index (κ3) is 41.4. The van der Waals surface area contributed by atoms with Gasteiger partial charge in [-0.2, -0.15) is 0 Å². The minimum atomic E-state index is -4.38. The number of phosphoric ester groups is 1. The third-order valence-corrected chi connectivity index (χ3v) is 10.2. The summed E-state index contributed by atoms with van der Waals surface area (Å²) in [4.78, 5) is 35.3. The van der Waals surface area contributed by atoms with Crippen molar-refractivity contribution >= 4 is 19.8 Å². The number of unbranched alkanes of at least 4 members (excludes halogenated alkanes) is 20. The number of allylic oxidation sites excluding steroid dienone is 8. The maximum atomic E-state index is 12.6. The first-order valence-corrected chi connectivity index (χ1v) is 23.4. The van der Waals surface area contributed by atoms with Crippen LogP contribution < -0.4 is 0 Å². The lowest BCUT2D eigenvalue weighted by atomic mass is 10.0. The van der Waals surface area contributed by atoms with Gasteiger partial charge in [0, 0.05) is 12.8 Å². The fraction of sp³-hybridized carbons (Fsp3) is 0.778. The Kier molecular flexibility index (Phi) is 36.2. The van der Waals surface area contributed by atoms with Crippen LogP contribution >= 0.6 is 7.82 Å². The van der Waals surface area contributed by atoms with E-state index in [2.05, 4.69) is 26.0 Å². The average molecular weight is 797 g/mol. The summed E-state index contributed by atoms with van der Waals surface area (Å²) in [6.45, 7) is 4.24. The van der Waals surface area contributed by atoms with Gasteiger partial charge in [-0.25, -0.2) is 4.57 Å². The van der Waals surface area contributed by atoms with Gasteiger partial charge in [0.25, 0.3) is 0 Å². The average Bonchev–Trinajstić information content (AvgIpc) is 3.13. The van der Waals surface area contributed by atoms with Crippen LogP contribution in [0.4, 0.5) is 0 Å². The van der Waals surface area contributed by atoms with Crippen LogP contribution in [0.25, 0.3) is 0 Å². The molecule has 0 aliphatic carbocycles. The number of quaternary nitrogens is 1. The van der Waals surface area contributed by atoms with Gasteiger partial charge in [-0.1, -0.05) is 178 Å². The molecule has 0 aromatic rings. The number of likely N-dealkylation sites (N-methyl/N-ethyl adjacent to an activating group) is 1. The summed E-state index contributed by atoms with van der Waals surface area (Å²) >= 11 is 0. The summed E-state index contributed by atoms with van der Waals surface area (Å²) in [6.07, 6.45) is 43.1. The van der Waals surface area contributed by atoms with Gasteiger partial charge < -0.3 is 18.9 Å². The normalized spacial score (nSPS) is 14.1. The SMILES string of the molecule is CC/C=C/C=C/C=C/C=C/CCCCCC(=O)OC(COC(=O)CCCCCCCCCCCCCCCCCCCC)COP(=O)(O)OCC[N+](C)(C)C. The highest BCUT2D eigenvalue weighted by Crippen LogP contribution is 2.43. The Morgan fingerprint density at radius 1 is 0.582 bits per heavy atom. The van der Waals surface area contributed by atoms with Gasteiger partial charge in [0.1, 0.15) is 19.8 Å². The van der Waals surface area contributed by atoms with Crippen molar-refractivity contribution in [1.82, 2.24) is 0 Å². The lowest BCUT2D eigenvalue weighted by Crippen LogP contribution is -2.37. The van der Waals surface area contributed by atoms with Crippen LogP contribution in [0.2, 0.25) is 0 Å². The van der Waals surface area contributed by atoms with Crippen molar-refractivity contribution in [3.05, 3.63) is 48.6 Å². The number of phosphoric acid groups is 1. The minimum Gasteiger partial charge on any atom is -0.462 e. The summed E-state index contributed by atoms with van der Waals surface area (Å²) in [7, 11) is 1.45. The Labute approximate surface area is 337 Å². The molecule has 0 spiro atoms. The molecule has 10 heteroatoms. The number of hydrogen-bond acceptors (Lipinski definition) is 7. The highest BCUT2D eigenvalue weighted by molar-refractivity contribution is 7.47. The molecule has 0 bridgehead atoms. The van der Waals surface area contributed by atoms with E-state index in [1.54, 1.807) is 0 Å². The first-order valence-electron chi connectivity index (χ1n) is 21.9. The Hall–Kier alpha value is -2.03. The van der Waals surface area contributed by atoms with Crippen molar-refractivity contribution in [3.8, 4) is 0 Å². The van der Waals surface area contributed by atoms with E-state index in [0.29, 0.717) is 17.4 Å². The van der Waals surface area contributed by atoms with Crippen molar-refractivity contribution < 1.29 is 42.1 Å². The molecule has 55 heavy (non-hydrogen) atoms. The van der Waals surface area contributed by atoms with Crippen LogP contribution in [-0.4, -0.2) is 74.9 Å². The van der Waals surface area contributed by atoms with E-state index in [0.717, 1.165) is 44.9 Å². The largest absolute Gasteiger partial charge is 0.472 e. The zero-order valence-corrected chi connectivity index (χ0v) is 36.8. The number of hydrogen-bond donors (Lipinski definition) is 1. The zero-order valence-electron chi connectivity index (χ0n) is 35.9. The maximum Gasteiger partial charge on any atom is 0.472 e. The third-order valence-electron chi connectivity index (χ3n) is 9.22. The second-order valence-corrected chi connectivity index (χ2v) is 17.3. The van der Waals surface area contributed by atoms with Crippen LogP contribution in [0.15, 0.2) is 48.6 Å². The Morgan fingerprint density at radius 3 is 1.55 bits per heavy atom. The predicted molar refractivity (Wildman–Crippen MR) is 229 cm³/mol. The van der Waals surface area contributed by atoms with Gasteiger partial charge >= 0.3 is 19.8 Å². The summed E-state index contributed by atoms with van der Waals surface area (Å²) < 4.78 is 34.2. The van der Waals surface area contributed by atoms with Crippen LogP contribution in [0.3, 0.4) is 0 Å². The molecule has 0 radical (unpaired) electrons. The number of nitrogens with zero attached hydrogens (tertiary/aromatic N) is 1. The Bertz CT molecular complexity index is 1080. The number of ether oxygens (including phenoxy) is 2. The summed E-state index contributed by atoms with van der Waals surface area (Å²) in [5, 5.41) is 0. The summed E-state index contributed by atoms with van der Waals surface area (Å²) in [5.41, 5.74) is 0. The molecule has 320 valence electrons. The molecule has 0 saturated carbocycles. The molecule has 0 aromatic heterocycles. The van der Waals surface area contributed by atoms with Crippen molar-refractivity contribution in [1.29, 1.82) is 0 Å². The van der Waals surface area contributed by atoms with Crippen molar-refractivity contribution in [2.45, 2.75) is 180 Å². The number of rotatable bonds is 39. The van der Waals surface area contributed by atoms with Gasteiger partial charge in [0.15, 0.2) is 6.10 Å². The second-order valence-electron chi connectivity index (χ2n) is 15.8. The number of esters is 2. The fourth-order valence-electron chi connectivity index (χ4n) is 5.79. The topological polar surface area (TPSA) is 108 Å². The van der Waals surface area contributed by atoms with Crippen molar-refractivity contribution in [2.24, 2.45) is 0 Å². The highest BCUT2D eigenvalue weighted by Gasteiger charge is 2.27. The maximum absolute atomic E-state index is 12.6. The molecular formula is C45H83NO8P+.